The zero-order chi connectivity index (χ0) is 24.0. The molecule has 1 aliphatic heterocycles. The van der Waals surface area contributed by atoms with Crippen molar-refractivity contribution in [3.63, 3.8) is 0 Å². The molecule has 2 heterocycles. The second-order valence-corrected chi connectivity index (χ2v) is 9.26. The van der Waals surface area contributed by atoms with Crippen LogP contribution in [0.2, 0.25) is 0 Å². The van der Waals surface area contributed by atoms with Crippen LogP contribution in [0.25, 0.3) is 0 Å². The van der Waals surface area contributed by atoms with E-state index in [4.69, 9.17) is 14.2 Å². The number of nitrogens with one attached hydrogen (secondary N) is 2. The van der Waals surface area contributed by atoms with E-state index in [2.05, 4.69) is 36.4 Å². The van der Waals surface area contributed by atoms with Crippen molar-refractivity contribution in [2.75, 3.05) is 23.8 Å². The van der Waals surface area contributed by atoms with E-state index in [-0.39, 0.29) is 11.5 Å². The molecule has 1 saturated heterocycles. The van der Waals surface area contributed by atoms with Gasteiger partial charge in [0, 0.05) is 30.1 Å². The number of anilines is 2. The first-order valence-corrected chi connectivity index (χ1v) is 11.5. The summed E-state index contributed by atoms with van der Waals surface area (Å²) in [6.45, 7) is 7.66. The van der Waals surface area contributed by atoms with Gasteiger partial charge in [-0.3, -0.25) is 0 Å². The molecule has 1 fully saturated rings. The van der Waals surface area contributed by atoms with Crippen LogP contribution in [0.4, 0.5) is 16.2 Å². The van der Waals surface area contributed by atoms with Gasteiger partial charge in [-0.05, 0) is 48.6 Å². The molecule has 0 saturated carbocycles. The standard InChI is InChI=1S/C27H31N3O4/c1-27(2,3)22-12-4-5-14-24(22)34-25-23(13-7-15-28-25)30-26(31)29-19-9-6-10-20(17-19)33-18-21-11-8-16-32-21/h4-7,9-10,12-15,17,21H,8,11,16,18H2,1-3H3,(H2,29,30,31). The number of carbonyl (C=O) groups excluding carboxylic acids is 1. The topological polar surface area (TPSA) is 81.7 Å². The predicted octanol–water partition coefficient (Wildman–Crippen LogP) is 6.37. The minimum absolute atomic E-state index is 0.104. The monoisotopic (exact) mass is 461 g/mol. The lowest BCUT2D eigenvalue weighted by Crippen LogP contribution is -2.20. The Balaban J connectivity index is 1.41. The smallest absolute Gasteiger partial charge is 0.323 e. The number of ether oxygens (including phenoxy) is 3. The minimum Gasteiger partial charge on any atom is -0.491 e. The largest absolute Gasteiger partial charge is 0.491 e. The van der Waals surface area contributed by atoms with E-state index in [9.17, 15) is 4.79 Å². The normalized spacial score (nSPS) is 15.6. The highest BCUT2D eigenvalue weighted by molar-refractivity contribution is 6.00. The van der Waals surface area contributed by atoms with Crippen LogP contribution in [0.3, 0.4) is 0 Å². The number of aromatic nitrogens is 1. The lowest BCUT2D eigenvalue weighted by Gasteiger charge is -2.22. The van der Waals surface area contributed by atoms with Crippen LogP contribution in [0.15, 0.2) is 66.9 Å². The average Bonchev–Trinajstić information content (AvgIpc) is 3.33. The van der Waals surface area contributed by atoms with Crippen molar-refractivity contribution in [2.45, 2.75) is 45.1 Å². The van der Waals surface area contributed by atoms with E-state index in [0.29, 0.717) is 35.4 Å². The molecule has 3 aromatic rings. The highest BCUT2D eigenvalue weighted by Crippen LogP contribution is 2.35. The molecule has 2 aromatic carbocycles. The molecule has 1 unspecified atom stereocenters. The Morgan fingerprint density at radius 1 is 1.09 bits per heavy atom. The second kappa shape index (κ2) is 10.6. The number of pyridine rings is 1. The molecule has 0 aliphatic carbocycles. The van der Waals surface area contributed by atoms with Gasteiger partial charge in [-0.2, -0.15) is 0 Å². The molecule has 178 valence electrons. The Hall–Kier alpha value is -3.58. The molecule has 0 radical (unpaired) electrons. The lowest BCUT2D eigenvalue weighted by atomic mass is 9.86. The fraction of sp³-hybridized carbons (Fsp3) is 0.333. The van der Waals surface area contributed by atoms with Crippen molar-refractivity contribution >= 4 is 17.4 Å². The third-order valence-electron chi connectivity index (χ3n) is 5.47. The Morgan fingerprint density at radius 2 is 1.94 bits per heavy atom. The van der Waals surface area contributed by atoms with Crippen LogP contribution < -0.4 is 20.1 Å². The fourth-order valence-corrected chi connectivity index (χ4v) is 3.76. The number of para-hydroxylation sites is 1. The fourth-order valence-electron chi connectivity index (χ4n) is 3.76. The molecule has 4 rings (SSSR count). The number of hydrogen-bond donors (Lipinski definition) is 2. The van der Waals surface area contributed by atoms with Crippen molar-refractivity contribution in [2.24, 2.45) is 0 Å². The van der Waals surface area contributed by atoms with Gasteiger partial charge in [0.05, 0.1) is 6.10 Å². The molecule has 34 heavy (non-hydrogen) atoms. The van der Waals surface area contributed by atoms with Crippen LogP contribution in [-0.2, 0) is 10.2 Å². The first-order valence-electron chi connectivity index (χ1n) is 11.5. The van der Waals surface area contributed by atoms with Crippen molar-refractivity contribution in [3.8, 4) is 17.4 Å². The van der Waals surface area contributed by atoms with Crippen LogP contribution in [-0.4, -0.2) is 30.3 Å². The molecule has 1 atom stereocenters. The zero-order valence-corrected chi connectivity index (χ0v) is 19.8. The number of amides is 2. The third kappa shape index (κ3) is 6.26. The number of nitrogens with zero attached hydrogens (tertiary/aromatic N) is 1. The Labute approximate surface area is 200 Å². The number of benzene rings is 2. The van der Waals surface area contributed by atoms with E-state index in [1.54, 1.807) is 30.5 Å². The van der Waals surface area contributed by atoms with Crippen LogP contribution in [0, 0.1) is 0 Å². The van der Waals surface area contributed by atoms with E-state index >= 15 is 0 Å². The van der Waals surface area contributed by atoms with Crippen molar-refractivity contribution in [3.05, 3.63) is 72.4 Å². The molecule has 2 N–H and O–H groups in total. The lowest BCUT2D eigenvalue weighted by molar-refractivity contribution is 0.0680. The third-order valence-corrected chi connectivity index (χ3v) is 5.47. The van der Waals surface area contributed by atoms with Crippen molar-refractivity contribution in [1.29, 1.82) is 0 Å². The number of carbonyl (C=O) groups is 1. The Bertz CT molecular complexity index is 1120. The zero-order valence-electron chi connectivity index (χ0n) is 19.8. The summed E-state index contributed by atoms with van der Waals surface area (Å²) >= 11 is 0. The molecule has 0 bridgehead atoms. The summed E-state index contributed by atoms with van der Waals surface area (Å²) in [5.41, 5.74) is 2.03. The molecule has 7 nitrogen and oxygen atoms in total. The minimum atomic E-state index is -0.404. The molecule has 1 aromatic heterocycles. The van der Waals surface area contributed by atoms with Crippen LogP contribution >= 0.6 is 0 Å². The van der Waals surface area contributed by atoms with Crippen LogP contribution in [0.5, 0.6) is 17.4 Å². The molecular weight excluding hydrogens is 430 g/mol. The van der Waals surface area contributed by atoms with Gasteiger partial charge in [0.25, 0.3) is 0 Å². The molecule has 1 aliphatic rings. The molecular formula is C27H31N3O4. The van der Waals surface area contributed by atoms with E-state index in [0.717, 1.165) is 25.0 Å². The number of rotatable bonds is 7. The van der Waals surface area contributed by atoms with Gasteiger partial charge in [-0.25, -0.2) is 9.78 Å². The van der Waals surface area contributed by atoms with E-state index in [1.807, 2.05) is 36.4 Å². The summed E-state index contributed by atoms with van der Waals surface area (Å²) in [5.74, 6) is 1.70. The molecule has 0 spiro atoms. The van der Waals surface area contributed by atoms with E-state index < -0.39 is 6.03 Å². The summed E-state index contributed by atoms with van der Waals surface area (Å²) in [4.78, 5) is 17.1. The highest BCUT2D eigenvalue weighted by Gasteiger charge is 2.20. The summed E-state index contributed by atoms with van der Waals surface area (Å²) in [7, 11) is 0. The number of hydrogen-bond acceptors (Lipinski definition) is 5. The number of urea groups is 1. The Morgan fingerprint density at radius 3 is 2.74 bits per heavy atom. The van der Waals surface area contributed by atoms with E-state index in [1.165, 1.54) is 0 Å². The molecule has 7 heteroatoms. The van der Waals surface area contributed by atoms with Gasteiger partial charge >= 0.3 is 6.03 Å². The average molecular weight is 462 g/mol. The predicted molar refractivity (Wildman–Crippen MR) is 133 cm³/mol. The van der Waals surface area contributed by atoms with Crippen LogP contribution in [0.1, 0.15) is 39.2 Å². The summed E-state index contributed by atoms with van der Waals surface area (Å²) in [5, 5.41) is 5.68. The van der Waals surface area contributed by atoms with Gasteiger partial charge in [0.1, 0.15) is 23.8 Å². The maximum absolute atomic E-state index is 12.7. The molecule has 2 amide bonds. The van der Waals surface area contributed by atoms with Gasteiger partial charge < -0.3 is 24.8 Å². The summed E-state index contributed by atoms with van der Waals surface area (Å²) in [6, 6.07) is 18.2. The Kier molecular flexibility index (Phi) is 7.33. The van der Waals surface area contributed by atoms with Gasteiger partial charge in [-0.15, -0.1) is 0 Å². The maximum Gasteiger partial charge on any atom is 0.323 e. The first-order chi connectivity index (χ1) is 16.4. The van der Waals surface area contributed by atoms with Gasteiger partial charge in [-0.1, -0.05) is 45.0 Å². The second-order valence-electron chi connectivity index (χ2n) is 9.26. The highest BCUT2D eigenvalue weighted by atomic mass is 16.5. The summed E-state index contributed by atoms with van der Waals surface area (Å²) in [6.07, 6.45) is 3.84. The summed E-state index contributed by atoms with van der Waals surface area (Å²) < 4.78 is 17.6. The van der Waals surface area contributed by atoms with Crippen molar-refractivity contribution < 1.29 is 19.0 Å². The van der Waals surface area contributed by atoms with Gasteiger partial charge in [0.15, 0.2) is 0 Å². The van der Waals surface area contributed by atoms with Crippen molar-refractivity contribution in [1.82, 2.24) is 4.98 Å². The SMILES string of the molecule is CC(C)(C)c1ccccc1Oc1ncccc1NC(=O)Nc1cccc(OCC2CCCO2)c1. The quantitative estimate of drug-likeness (QED) is 0.427. The van der Waals surface area contributed by atoms with Gasteiger partial charge in [0.2, 0.25) is 5.88 Å². The first kappa shape index (κ1) is 23.6. The maximum atomic E-state index is 12.7.